The van der Waals surface area contributed by atoms with Crippen molar-refractivity contribution < 1.29 is 28.5 Å². The summed E-state index contributed by atoms with van der Waals surface area (Å²) >= 11 is 0. The highest BCUT2D eigenvalue weighted by atomic mass is 16.6. The molecule has 0 saturated heterocycles. The maximum absolute atomic E-state index is 12.4. The first-order valence-corrected chi connectivity index (χ1v) is 11.3. The van der Waals surface area contributed by atoms with Gasteiger partial charge in [-0.2, -0.15) is 0 Å². The molecule has 0 saturated carbocycles. The lowest BCUT2D eigenvalue weighted by molar-refractivity contribution is -0.0239. The second kappa shape index (κ2) is 13.4. The third-order valence-electron chi connectivity index (χ3n) is 4.96. The Morgan fingerprint density at radius 1 is 0.656 bits per heavy atom. The molecule has 174 valence electrons. The topological polar surface area (TPSA) is 71.1 Å². The Morgan fingerprint density at radius 3 is 1.31 bits per heavy atom. The lowest BCUT2D eigenvalue weighted by atomic mass is 10.2. The largest absolute Gasteiger partial charge is 0.494 e. The third-order valence-corrected chi connectivity index (χ3v) is 4.96. The number of ether oxygens (including phenoxy) is 4. The predicted octanol–water partition coefficient (Wildman–Crippen LogP) is 5.84. The molecule has 2 rings (SSSR count). The summed E-state index contributed by atoms with van der Waals surface area (Å²) < 4.78 is 22.1. The summed E-state index contributed by atoms with van der Waals surface area (Å²) in [4.78, 5) is 24.8. The second-order valence-corrected chi connectivity index (χ2v) is 7.67. The number of benzene rings is 2. The molecular formula is C26H34O6. The van der Waals surface area contributed by atoms with E-state index in [9.17, 15) is 9.59 Å². The van der Waals surface area contributed by atoms with Crippen molar-refractivity contribution in [1.29, 1.82) is 0 Å². The molecule has 6 nitrogen and oxygen atoms in total. The van der Waals surface area contributed by atoms with Gasteiger partial charge in [-0.25, -0.2) is 9.59 Å². The van der Waals surface area contributed by atoms with Crippen molar-refractivity contribution in [2.75, 3.05) is 13.2 Å². The van der Waals surface area contributed by atoms with Gasteiger partial charge in [0.2, 0.25) is 0 Å². The molecule has 0 bridgehead atoms. The van der Waals surface area contributed by atoms with Gasteiger partial charge in [0.1, 0.15) is 23.7 Å². The minimum atomic E-state index is -0.608. The molecular weight excluding hydrogens is 408 g/mol. The van der Waals surface area contributed by atoms with E-state index in [4.69, 9.17) is 18.9 Å². The normalized spacial score (nSPS) is 12.5. The molecule has 0 heterocycles. The Hall–Kier alpha value is -3.02. The van der Waals surface area contributed by atoms with E-state index in [-0.39, 0.29) is 0 Å². The Morgan fingerprint density at radius 2 is 1.00 bits per heavy atom. The van der Waals surface area contributed by atoms with Crippen LogP contribution in [0.25, 0.3) is 0 Å². The van der Waals surface area contributed by atoms with Gasteiger partial charge in [0.05, 0.1) is 24.3 Å². The average Bonchev–Trinajstić information content (AvgIpc) is 2.80. The molecule has 0 radical (unpaired) electrons. The average molecular weight is 443 g/mol. The highest BCUT2D eigenvalue weighted by Crippen LogP contribution is 2.17. The quantitative estimate of drug-likeness (QED) is 0.287. The molecule has 0 aromatic heterocycles. The third kappa shape index (κ3) is 8.25. The Kier molecular flexibility index (Phi) is 10.6. The number of carbonyl (C=O) groups is 2. The minimum Gasteiger partial charge on any atom is -0.494 e. The molecule has 0 spiro atoms. The summed E-state index contributed by atoms with van der Waals surface area (Å²) in [6.07, 6.45) is 2.87. The molecule has 0 amide bonds. The summed E-state index contributed by atoms with van der Waals surface area (Å²) in [6.45, 7) is 8.89. The standard InChI is InChI=1S/C26H34O6/c1-5-7-17-29-23-13-9-21(10-14-23)25(27)31-19(3)20(4)32-26(28)22-11-15-24(16-12-22)30-18-8-6-2/h9-16,19-20H,5-8,17-18H2,1-4H3. The highest BCUT2D eigenvalue weighted by Gasteiger charge is 2.22. The van der Waals surface area contributed by atoms with E-state index in [0.717, 1.165) is 25.7 Å². The van der Waals surface area contributed by atoms with Gasteiger partial charge in [-0.3, -0.25) is 0 Å². The van der Waals surface area contributed by atoms with Crippen molar-refractivity contribution in [3.8, 4) is 11.5 Å². The molecule has 0 aliphatic carbocycles. The Balaban J connectivity index is 1.83. The van der Waals surface area contributed by atoms with E-state index in [1.54, 1.807) is 62.4 Å². The Labute approximate surface area is 190 Å². The van der Waals surface area contributed by atoms with Crippen molar-refractivity contribution in [3.05, 3.63) is 59.7 Å². The van der Waals surface area contributed by atoms with Crippen LogP contribution in [0.15, 0.2) is 48.5 Å². The predicted molar refractivity (Wildman–Crippen MR) is 123 cm³/mol. The molecule has 2 unspecified atom stereocenters. The van der Waals surface area contributed by atoms with Gasteiger partial charge in [0.15, 0.2) is 0 Å². The van der Waals surface area contributed by atoms with Crippen molar-refractivity contribution in [2.45, 2.75) is 65.6 Å². The SMILES string of the molecule is CCCCOc1ccc(C(=O)OC(C)C(C)OC(=O)c2ccc(OCCCC)cc2)cc1. The van der Waals surface area contributed by atoms with Crippen molar-refractivity contribution in [1.82, 2.24) is 0 Å². The van der Waals surface area contributed by atoms with Crippen LogP contribution in [0.4, 0.5) is 0 Å². The smallest absolute Gasteiger partial charge is 0.338 e. The van der Waals surface area contributed by atoms with Crippen LogP contribution >= 0.6 is 0 Å². The van der Waals surface area contributed by atoms with Crippen LogP contribution in [0.1, 0.15) is 74.1 Å². The lowest BCUT2D eigenvalue weighted by Gasteiger charge is -2.21. The van der Waals surface area contributed by atoms with Crippen LogP contribution in [0, 0.1) is 0 Å². The maximum atomic E-state index is 12.4. The zero-order chi connectivity index (χ0) is 23.3. The number of esters is 2. The summed E-state index contributed by atoms with van der Waals surface area (Å²) in [5.41, 5.74) is 0.828. The monoisotopic (exact) mass is 442 g/mol. The van der Waals surface area contributed by atoms with Gasteiger partial charge < -0.3 is 18.9 Å². The second-order valence-electron chi connectivity index (χ2n) is 7.67. The first kappa shape index (κ1) is 25.2. The van der Waals surface area contributed by atoms with Crippen LogP contribution in [-0.2, 0) is 9.47 Å². The molecule has 2 atom stereocenters. The molecule has 2 aromatic rings. The summed E-state index contributed by atoms with van der Waals surface area (Å²) in [5, 5.41) is 0. The molecule has 0 aliphatic heterocycles. The Bertz CT molecular complexity index is 757. The molecule has 2 aromatic carbocycles. The fourth-order valence-corrected chi connectivity index (χ4v) is 2.71. The lowest BCUT2D eigenvalue weighted by Crippen LogP contribution is -2.30. The molecule has 6 heteroatoms. The first-order chi connectivity index (χ1) is 15.4. The van der Waals surface area contributed by atoms with Gasteiger partial charge in [0.25, 0.3) is 0 Å². The minimum absolute atomic E-state index is 0.414. The van der Waals surface area contributed by atoms with Gasteiger partial charge in [0, 0.05) is 0 Å². The van der Waals surface area contributed by atoms with Crippen LogP contribution in [0.3, 0.4) is 0 Å². The van der Waals surface area contributed by atoms with Crippen LogP contribution < -0.4 is 9.47 Å². The summed E-state index contributed by atoms with van der Waals surface area (Å²) in [7, 11) is 0. The number of rotatable bonds is 13. The zero-order valence-electron chi connectivity index (χ0n) is 19.5. The van der Waals surface area contributed by atoms with Gasteiger partial charge in [-0.15, -0.1) is 0 Å². The fraction of sp³-hybridized carbons (Fsp3) is 0.462. The fourth-order valence-electron chi connectivity index (χ4n) is 2.71. The van der Waals surface area contributed by atoms with Gasteiger partial charge in [-0.1, -0.05) is 26.7 Å². The number of hydrogen-bond acceptors (Lipinski definition) is 6. The van der Waals surface area contributed by atoms with Crippen molar-refractivity contribution in [3.63, 3.8) is 0 Å². The molecule has 0 fully saturated rings. The van der Waals surface area contributed by atoms with Crippen LogP contribution in [-0.4, -0.2) is 37.4 Å². The zero-order valence-corrected chi connectivity index (χ0v) is 19.5. The molecule has 0 aliphatic rings. The van der Waals surface area contributed by atoms with E-state index in [0.29, 0.717) is 35.8 Å². The highest BCUT2D eigenvalue weighted by molar-refractivity contribution is 5.90. The van der Waals surface area contributed by atoms with E-state index in [1.165, 1.54) is 0 Å². The van der Waals surface area contributed by atoms with E-state index in [2.05, 4.69) is 13.8 Å². The molecule has 32 heavy (non-hydrogen) atoms. The van der Waals surface area contributed by atoms with E-state index in [1.807, 2.05) is 0 Å². The maximum Gasteiger partial charge on any atom is 0.338 e. The van der Waals surface area contributed by atoms with E-state index >= 15 is 0 Å². The molecule has 0 N–H and O–H groups in total. The number of hydrogen-bond donors (Lipinski definition) is 0. The number of carbonyl (C=O) groups excluding carboxylic acids is 2. The van der Waals surface area contributed by atoms with E-state index < -0.39 is 24.1 Å². The van der Waals surface area contributed by atoms with Crippen molar-refractivity contribution in [2.24, 2.45) is 0 Å². The van der Waals surface area contributed by atoms with Crippen molar-refractivity contribution >= 4 is 11.9 Å². The van der Waals surface area contributed by atoms with Gasteiger partial charge >= 0.3 is 11.9 Å². The van der Waals surface area contributed by atoms with Crippen LogP contribution in [0.2, 0.25) is 0 Å². The summed E-state index contributed by atoms with van der Waals surface area (Å²) in [6, 6.07) is 13.6. The van der Waals surface area contributed by atoms with Gasteiger partial charge in [-0.05, 0) is 75.2 Å². The first-order valence-electron chi connectivity index (χ1n) is 11.3. The number of unbranched alkanes of at least 4 members (excludes halogenated alkanes) is 2. The van der Waals surface area contributed by atoms with Crippen LogP contribution in [0.5, 0.6) is 11.5 Å². The summed E-state index contributed by atoms with van der Waals surface area (Å²) in [5.74, 6) is 0.474.